The summed E-state index contributed by atoms with van der Waals surface area (Å²) in [6.45, 7) is 10.4. The van der Waals surface area contributed by atoms with E-state index in [4.69, 9.17) is 24.0 Å². The zero-order chi connectivity index (χ0) is 21.4. The number of pyridine rings is 1. The van der Waals surface area contributed by atoms with E-state index in [2.05, 4.69) is 4.98 Å². The minimum absolute atomic E-state index is 0.243. The zero-order valence-corrected chi connectivity index (χ0v) is 17.9. The van der Waals surface area contributed by atoms with E-state index in [9.17, 15) is 4.79 Å². The lowest BCUT2D eigenvalue weighted by Crippen LogP contribution is -2.24. The van der Waals surface area contributed by atoms with Gasteiger partial charge < -0.3 is 14.2 Å². The van der Waals surface area contributed by atoms with E-state index in [0.29, 0.717) is 41.4 Å². The normalized spacial score (nSPS) is 11.2. The fourth-order valence-corrected chi connectivity index (χ4v) is 2.70. The van der Waals surface area contributed by atoms with Crippen molar-refractivity contribution >= 4 is 5.97 Å². The van der Waals surface area contributed by atoms with Crippen LogP contribution in [0.25, 0.3) is 11.1 Å². The molecule has 0 N–H and O–H groups in total. The number of rotatable bonds is 9. The van der Waals surface area contributed by atoms with Gasteiger partial charge in [0.1, 0.15) is 23.7 Å². The lowest BCUT2D eigenvalue weighted by molar-refractivity contribution is -0.282. The van der Waals surface area contributed by atoms with Crippen LogP contribution in [0.3, 0.4) is 0 Å². The van der Waals surface area contributed by atoms with Gasteiger partial charge in [-0.3, -0.25) is 4.98 Å². The van der Waals surface area contributed by atoms with Crippen LogP contribution in [-0.4, -0.2) is 36.9 Å². The summed E-state index contributed by atoms with van der Waals surface area (Å²) in [6.07, 6.45) is 3.15. The first-order chi connectivity index (χ1) is 13.8. The Balaban J connectivity index is 2.54. The smallest absolute Gasteiger partial charge is 0.340 e. The van der Waals surface area contributed by atoms with Gasteiger partial charge in [0.05, 0.1) is 31.5 Å². The van der Waals surface area contributed by atoms with Gasteiger partial charge in [0.2, 0.25) is 0 Å². The highest BCUT2D eigenvalue weighted by Crippen LogP contribution is 2.40. The molecular formula is C22H29NO6. The maximum Gasteiger partial charge on any atom is 0.340 e. The summed E-state index contributed by atoms with van der Waals surface area (Å²) in [4.78, 5) is 26.5. The number of nitrogens with zero attached hydrogens (tertiary/aromatic N) is 1. The lowest BCUT2D eigenvalue weighted by Gasteiger charge is -2.20. The van der Waals surface area contributed by atoms with Crippen LogP contribution in [0.5, 0.6) is 11.5 Å². The second-order valence-corrected chi connectivity index (χ2v) is 7.23. The van der Waals surface area contributed by atoms with Gasteiger partial charge in [-0.1, -0.05) is 0 Å². The number of hydrogen-bond donors (Lipinski definition) is 0. The molecule has 1 heterocycles. The third kappa shape index (κ3) is 6.44. The first-order valence-corrected chi connectivity index (χ1v) is 9.56. The average molecular weight is 403 g/mol. The molecule has 0 saturated heterocycles. The molecule has 0 bridgehead atoms. The topological polar surface area (TPSA) is 76.1 Å². The summed E-state index contributed by atoms with van der Waals surface area (Å²) >= 11 is 0. The molecular weight excluding hydrogens is 374 g/mol. The molecule has 7 nitrogen and oxygen atoms in total. The highest BCUT2D eigenvalue weighted by atomic mass is 17.2. The van der Waals surface area contributed by atoms with Gasteiger partial charge >= 0.3 is 5.97 Å². The van der Waals surface area contributed by atoms with Crippen LogP contribution in [0, 0.1) is 0 Å². The van der Waals surface area contributed by atoms with Crippen molar-refractivity contribution in [1.29, 1.82) is 0 Å². The Kier molecular flexibility index (Phi) is 7.99. The van der Waals surface area contributed by atoms with Gasteiger partial charge in [0, 0.05) is 18.0 Å². The maximum atomic E-state index is 12.5. The minimum Gasteiger partial charge on any atom is -0.493 e. The molecule has 0 aliphatic rings. The number of carbonyl (C=O) groups is 1. The van der Waals surface area contributed by atoms with E-state index in [1.54, 1.807) is 12.3 Å². The summed E-state index contributed by atoms with van der Waals surface area (Å²) < 4.78 is 17.2. The Morgan fingerprint density at radius 3 is 2.14 bits per heavy atom. The van der Waals surface area contributed by atoms with Crippen LogP contribution in [-0.2, 0) is 21.1 Å². The fourth-order valence-electron chi connectivity index (χ4n) is 2.70. The summed E-state index contributed by atoms with van der Waals surface area (Å²) in [5.41, 5.74) is 2.00. The molecule has 0 aliphatic heterocycles. The van der Waals surface area contributed by atoms with Gasteiger partial charge in [-0.25, -0.2) is 14.6 Å². The summed E-state index contributed by atoms with van der Waals surface area (Å²) in [6, 6.07) is 5.45. The molecule has 7 heteroatoms. The van der Waals surface area contributed by atoms with Crippen molar-refractivity contribution in [2.75, 3.05) is 20.3 Å². The first-order valence-electron chi connectivity index (χ1n) is 9.56. The average Bonchev–Trinajstić information content (AvgIpc) is 2.65. The van der Waals surface area contributed by atoms with Crippen molar-refractivity contribution in [1.82, 2.24) is 4.98 Å². The standard InChI is InChI=1S/C22H29NO6/c1-7-26-18-9-15(14-28-25-6)10-19(27-8-2)20(18)16-11-17(13-23-12-16)21(24)29-22(3,4)5/h9-13H,7-8,14H2,1-6H3. The zero-order valence-electron chi connectivity index (χ0n) is 17.9. The molecule has 0 aliphatic carbocycles. The fraction of sp³-hybridized carbons (Fsp3) is 0.455. The van der Waals surface area contributed by atoms with E-state index in [1.165, 1.54) is 13.3 Å². The van der Waals surface area contributed by atoms with E-state index in [-0.39, 0.29) is 6.61 Å². The molecule has 158 valence electrons. The van der Waals surface area contributed by atoms with Crippen molar-refractivity contribution in [3.8, 4) is 22.6 Å². The molecule has 1 aromatic heterocycles. The lowest BCUT2D eigenvalue weighted by atomic mass is 10.0. The molecule has 0 saturated carbocycles. The third-order valence-electron chi connectivity index (χ3n) is 3.73. The molecule has 0 spiro atoms. The molecule has 0 amide bonds. The van der Waals surface area contributed by atoms with E-state index in [1.807, 2.05) is 46.8 Å². The van der Waals surface area contributed by atoms with Crippen LogP contribution >= 0.6 is 0 Å². The molecule has 1 aromatic carbocycles. The molecule has 29 heavy (non-hydrogen) atoms. The van der Waals surface area contributed by atoms with Crippen LogP contribution < -0.4 is 9.47 Å². The Bertz CT molecular complexity index is 801. The van der Waals surface area contributed by atoms with Crippen molar-refractivity contribution in [2.45, 2.75) is 46.8 Å². The van der Waals surface area contributed by atoms with Gasteiger partial charge in [0.25, 0.3) is 0 Å². The van der Waals surface area contributed by atoms with Crippen molar-refractivity contribution in [3.05, 3.63) is 41.7 Å². The highest BCUT2D eigenvalue weighted by Gasteiger charge is 2.21. The predicted octanol–water partition coefficient (Wildman–Crippen LogP) is 4.58. The Morgan fingerprint density at radius 2 is 1.62 bits per heavy atom. The van der Waals surface area contributed by atoms with Crippen LogP contribution in [0.2, 0.25) is 0 Å². The summed E-state index contributed by atoms with van der Waals surface area (Å²) in [7, 11) is 1.45. The number of benzene rings is 1. The highest BCUT2D eigenvalue weighted by molar-refractivity contribution is 5.91. The minimum atomic E-state index is -0.594. The monoisotopic (exact) mass is 403 g/mol. The first kappa shape index (κ1) is 22.6. The van der Waals surface area contributed by atoms with Crippen molar-refractivity contribution in [3.63, 3.8) is 0 Å². The number of carbonyl (C=O) groups excluding carboxylic acids is 1. The maximum absolute atomic E-state index is 12.5. The third-order valence-corrected chi connectivity index (χ3v) is 3.73. The Labute approximate surface area is 171 Å². The van der Waals surface area contributed by atoms with Gasteiger partial charge in [-0.15, -0.1) is 0 Å². The molecule has 2 rings (SSSR count). The van der Waals surface area contributed by atoms with Gasteiger partial charge in [0.15, 0.2) is 0 Å². The van der Waals surface area contributed by atoms with E-state index < -0.39 is 11.6 Å². The molecule has 0 radical (unpaired) electrons. The largest absolute Gasteiger partial charge is 0.493 e. The summed E-state index contributed by atoms with van der Waals surface area (Å²) in [5.74, 6) is 0.778. The second kappa shape index (κ2) is 10.2. The van der Waals surface area contributed by atoms with E-state index in [0.717, 1.165) is 5.56 Å². The molecule has 0 atom stereocenters. The molecule has 0 unspecified atom stereocenters. The quantitative estimate of drug-likeness (QED) is 0.345. The molecule has 0 fully saturated rings. The summed E-state index contributed by atoms with van der Waals surface area (Å²) in [5, 5.41) is 0. The Morgan fingerprint density at radius 1 is 1.00 bits per heavy atom. The number of esters is 1. The number of ether oxygens (including phenoxy) is 3. The van der Waals surface area contributed by atoms with Crippen molar-refractivity contribution < 1.29 is 28.8 Å². The van der Waals surface area contributed by atoms with Crippen LogP contribution in [0.4, 0.5) is 0 Å². The van der Waals surface area contributed by atoms with Gasteiger partial charge in [-0.05, 0) is 58.4 Å². The van der Waals surface area contributed by atoms with E-state index >= 15 is 0 Å². The van der Waals surface area contributed by atoms with Gasteiger partial charge in [-0.2, -0.15) is 0 Å². The van der Waals surface area contributed by atoms with Crippen molar-refractivity contribution in [2.24, 2.45) is 0 Å². The second-order valence-electron chi connectivity index (χ2n) is 7.23. The predicted molar refractivity (Wildman–Crippen MR) is 109 cm³/mol. The SMILES string of the molecule is CCOc1cc(COOC)cc(OCC)c1-c1cncc(C(=O)OC(C)(C)C)c1. The van der Waals surface area contributed by atoms with Crippen LogP contribution in [0.15, 0.2) is 30.6 Å². The number of aromatic nitrogens is 1. The number of hydrogen-bond acceptors (Lipinski definition) is 7. The Hall–Kier alpha value is -2.64. The van der Waals surface area contributed by atoms with Crippen LogP contribution in [0.1, 0.15) is 50.5 Å². The molecule has 2 aromatic rings.